The zero-order valence-electron chi connectivity index (χ0n) is 12.4. The summed E-state index contributed by atoms with van der Waals surface area (Å²) in [5.41, 5.74) is 4.16. The van der Waals surface area contributed by atoms with Crippen molar-refractivity contribution in [3.63, 3.8) is 0 Å². The molecule has 1 aliphatic rings. The number of urea groups is 1. The Kier molecular flexibility index (Phi) is 5.15. The van der Waals surface area contributed by atoms with Crippen LogP contribution in [0.3, 0.4) is 0 Å². The van der Waals surface area contributed by atoms with Crippen LogP contribution in [0.2, 0.25) is 0 Å². The number of halogens is 1. The maximum Gasteiger partial charge on any atom is 0.339 e. The minimum atomic E-state index is -0.423. The Morgan fingerprint density at radius 3 is 2.87 bits per heavy atom. The van der Waals surface area contributed by atoms with Crippen LogP contribution < -0.4 is 10.8 Å². The van der Waals surface area contributed by atoms with Crippen LogP contribution in [-0.2, 0) is 11.4 Å². The Labute approximate surface area is 138 Å². The monoisotopic (exact) mass is 332 g/mol. The Hall–Kier alpha value is -2.05. The number of fused-ring (bicyclic) bond motifs is 1. The number of hydroxylamine groups is 1. The first-order valence-corrected chi connectivity index (χ1v) is 8.36. The van der Waals surface area contributed by atoms with Gasteiger partial charge in [-0.05, 0) is 23.6 Å². The molecule has 4 nitrogen and oxygen atoms in total. The molecule has 0 radical (unpaired) electrons. The van der Waals surface area contributed by atoms with Crippen LogP contribution in [0.25, 0.3) is 0 Å². The molecule has 23 heavy (non-hydrogen) atoms. The maximum atomic E-state index is 13.8. The molecule has 0 bridgehead atoms. The van der Waals surface area contributed by atoms with Gasteiger partial charge in [-0.2, -0.15) is 0 Å². The summed E-state index contributed by atoms with van der Waals surface area (Å²) in [4.78, 5) is 17.8. The molecule has 1 aliphatic heterocycles. The maximum absolute atomic E-state index is 13.8. The molecular formula is C17H17FN2O2S. The van der Waals surface area contributed by atoms with Crippen molar-refractivity contribution in [2.24, 2.45) is 0 Å². The standard InChI is InChI=1S/C17H17FN2O2S/c18-14-8-4-7-13-15(9-10-23-16(13)14)19-17(21)20-22-11-12-5-2-1-3-6-12/h1-8,15H,9-11H2,(H2,19,20,21)/t15-/m1/s1. The van der Waals surface area contributed by atoms with Crippen molar-refractivity contribution in [1.82, 2.24) is 10.8 Å². The van der Waals surface area contributed by atoms with Gasteiger partial charge in [0.05, 0.1) is 12.6 Å². The van der Waals surface area contributed by atoms with Crippen LogP contribution >= 0.6 is 11.8 Å². The van der Waals surface area contributed by atoms with Crippen molar-refractivity contribution in [1.29, 1.82) is 0 Å². The summed E-state index contributed by atoms with van der Waals surface area (Å²) < 4.78 is 13.8. The highest BCUT2D eigenvalue weighted by Gasteiger charge is 2.24. The molecule has 0 unspecified atom stereocenters. The number of carbonyl (C=O) groups excluding carboxylic acids is 1. The molecule has 0 aromatic heterocycles. The number of hydrogen-bond donors (Lipinski definition) is 2. The summed E-state index contributed by atoms with van der Waals surface area (Å²) in [5.74, 6) is 0.531. The second-order valence-corrected chi connectivity index (χ2v) is 6.30. The zero-order valence-corrected chi connectivity index (χ0v) is 13.2. The van der Waals surface area contributed by atoms with E-state index in [4.69, 9.17) is 4.84 Å². The van der Waals surface area contributed by atoms with Crippen molar-refractivity contribution < 1.29 is 14.0 Å². The van der Waals surface area contributed by atoms with Crippen molar-refractivity contribution in [2.45, 2.75) is 24.0 Å². The van der Waals surface area contributed by atoms with E-state index in [0.29, 0.717) is 11.5 Å². The highest BCUT2D eigenvalue weighted by atomic mass is 32.2. The molecule has 0 saturated heterocycles. The van der Waals surface area contributed by atoms with Crippen molar-refractivity contribution in [2.75, 3.05) is 5.75 Å². The highest BCUT2D eigenvalue weighted by Crippen LogP contribution is 2.37. The van der Waals surface area contributed by atoms with Gasteiger partial charge < -0.3 is 5.32 Å². The molecule has 1 atom stereocenters. The fraction of sp³-hybridized carbons (Fsp3) is 0.235. The molecule has 2 aromatic rings. The number of nitrogens with one attached hydrogen (secondary N) is 2. The number of amides is 2. The van der Waals surface area contributed by atoms with Crippen LogP contribution in [-0.4, -0.2) is 11.8 Å². The van der Waals surface area contributed by atoms with Crippen LogP contribution in [0.5, 0.6) is 0 Å². The van der Waals surface area contributed by atoms with Gasteiger partial charge in [0.1, 0.15) is 5.82 Å². The summed E-state index contributed by atoms with van der Waals surface area (Å²) in [6.07, 6.45) is 0.757. The van der Waals surface area contributed by atoms with E-state index in [1.165, 1.54) is 17.8 Å². The molecular weight excluding hydrogens is 315 g/mol. The molecule has 0 spiro atoms. The SMILES string of the molecule is O=C(NOCc1ccccc1)N[C@@H]1CCSc2c(F)cccc21. The minimum Gasteiger partial charge on any atom is -0.330 e. The molecule has 0 saturated carbocycles. The summed E-state index contributed by atoms with van der Waals surface area (Å²) >= 11 is 1.48. The Bertz CT molecular complexity index is 682. The summed E-state index contributed by atoms with van der Waals surface area (Å²) in [6, 6.07) is 13.9. The van der Waals surface area contributed by atoms with E-state index in [9.17, 15) is 9.18 Å². The van der Waals surface area contributed by atoms with Gasteiger partial charge in [0.15, 0.2) is 0 Å². The molecule has 0 aliphatic carbocycles. The van der Waals surface area contributed by atoms with E-state index in [1.807, 2.05) is 36.4 Å². The van der Waals surface area contributed by atoms with Crippen LogP contribution in [0.4, 0.5) is 9.18 Å². The average Bonchev–Trinajstić information content (AvgIpc) is 2.57. The van der Waals surface area contributed by atoms with Crippen molar-refractivity contribution in [3.8, 4) is 0 Å². The lowest BCUT2D eigenvalue weighted by molar-refractivity contribution is 0.0480. The Morgan fingerprint density at radius 2 is 2.04 bits per heavy atom. The van der Waals surface area contributed by atoms with Gasteiger partial charge in [0.25, 0.3) is 0 Å². The lowest BCUT2D eigenvalue weighted by Crippen LogP contribution is -2.39. The second-order valence-electron chi connectivity index (χ2n) is 5.20. The number of thioether (sulfide) groups is 1. The third kappa shape index (κ3) is 4.03. The smallest absolute Gasteiger partial charge is 0.330 e. The van der Waals surface area contributed by atoms with Gasteiger partial charge in [0, 0.05) is 10.6 Å². The van der Waals surface area contributed by atoms with Gasteiger partial charge in [-0.25, -0.2) is 14.7 Å². The van der Waals surface area contributed by atoms with Crippen LogP contribution in [0.1, 0.15) is 23.6 Å². The first-order valence-electron chi connectivity index (χ1n) is 7.37. The normalized spacial score (nSPS) is 16.5. The van der Waals surface area contributed by atoms with Crippen molar-refractivity contribution >= 4 is 17.8 Å². The predicted molar refractivity (Wildman–Crippen MR) is 87.4 cm³/mol. The molecule has 120 valence electrons. The first-order chi connectivity index (χ1) is 11.2. The fourth-order valence-electron chi connectivity index (χ4n) is 2.48. The zero-order chi connectivity index (χ0) is 16.1. The van der Waals surface area contributed by atoms with Crippen molar-refractivity contribution in [3.05, 3.63) is 65.5 Å². The summed E-state index contributed by atoms with van der Waals surface area (Å²) in [5, 5.41) is 2.83. The fourth-order valence-corrected chi connectivity index (χ4v) is 3.62. The highest BCUT2D eigenvalue weighted by molar-refractivity contribution is 7.99. The molecule has 2 amide bonds. The lowest BCUT2D eigenvalue weighted by atomic mass is 10.0. The third-order valence-electron chi connectivity index (χ3n) is 3.58. The molecule has 6 heteroatoms. The number of hydrogen-bond acceptors (Lipinski definition) is 3. The first kappa shape index (κ1) is 15.8. The van der Waals surface area contributed by atoms with E-state index >= 15 is 0 Å². The predicted octanol–water partition coefficient (Wildman–Crippen LogP) is 3.79. The summed E-state index contributed by atoms with van der Waals surface area (Å²) in [6.45, 7) is 0.292. The van der Waals surface area contributed by atoms with Crippen LogP contribution in [0, 0.1) is 5.82 Å². The molecule has 2 N–H and O–H groups in total. The lowest BCUT2D eigenvalue weighted by Gasteiger charge is -2.26. The third-order valence-corrected chi connectivity index (χ3v) is 4.74. The van der Waals surface area contributed by atoms with E-state index in [1.54, 1.807) is 6.07 Å². The molecule has 2 aromatic carbocycles. The van der Waals surface area contributed by atoms with E-state index in [2.05, 4.69) is 10.8 Å². The number of benzene rings is 2. The topological polar surface area (TPSA) is 50.4 Å². The van der Waals surface area contributed by atoms with E-state index < -0.39 is 6.03 Å². The van der Waals surface area contributed by atoms with Gasteiger partial charge >= 0.3 is 6.03 Å². The Balaban J connectivity index is 1.54. The van der Waals surface area contributed by atoms with E-state index in [0.717, 1.165) is 23.3 Å². The average molecular weight is 332 g/mol. The number of rotatable bonds is 4. The van der Waals surface area contributed by atoms with E-state index in [-0.39, 0.29) is 11.9 Å². The minimum absolute atomic E-state index is 0.206. The number of carbonyl (C=O) groups is 1. The molecule has 0 fully saturated rings. The quantitative estimate of drug-likeness (QED) is 0.838. The van der Waals surface area contributed by atoms with Gasteiger partial charge in [-0.3, -0.25) is 4.84 Å². The second kappa shape index (κ2) is 7.48. The summed E-state index contributed by atoms with van der Waals surface area (Å²) in [7, 11) is 0. The molecule has 3 rings (SSSR count). The molecule has 1 heterocycles. The van der Waals surface area contributed by atoms with Gasteiger partial charge in [-0.1, -0.05) is 42.5 Å². The van der Waals surface area contributed by atoms with Gasteiger partial charge in [-0.15, -0.1) is 11.8 Å². The van der Waals surface area contributed by atoms with Crippen LogP contribution in [0.15, 0.2) is 53.4 Å². The van der Waals surface area contributed by atoms with Gasteiger partial charge in [0.2, 0.25) is 0 Å². The largest absolute Gasteiger partial charge is 0.339 e. The Morgan fingerprint density at radius 1 is 1.22 bits per heavy atom.